The molecule has 0 bridgehead atoms. The smallest absolute Gasteiger partial charge is 0.228 e. The molecule has 84 valence electrons. The van der Waals surface area contributed by atoms with E-state index in [2.05, 4.69) is 24.3 Å². The molecule has 0 aliphatic heterocycles. The van der Waals surface area contributed by atoms with E-state index in [-0.39, 0.29) is 0 Å². The van der Waals surface area contributed by atoms with Gasteiger partial charge in [0, 0.05) is 18.6 Å². The van der Waals surface area contributed by atoms with Crippen LogP contribution >= 0.6 is 0 Å². The largest absolute Gasteiger partial charge is 0.393 e. The van der Waals surface area contributed by atoms with Gasteiger partial charge in [-0.15, -0.1) is 0 Å². The first kappa shape index (κ1) is 12.2. The highest BCUT2D eigenvalue weighted by atomic mass is 15.0. The Morgan fingerprint density at radius 1 is 1.44 bits per heavy atom. The number of allylic oxidation sites excluding steroid dienone is 4. The monoisotopic (exact) mass is 215 g/mol. The van der Waals surface area contributed by atoms with E-state index >= 15 is 0 Å². The summed E-state index contributed by atoms with van der Waals surface area (Å²) in [7, 11) is 0. The van der Waals surface area contributed by atoms with Gasteiger partial charge in [0.2, 0.25) is 5.69 Å². The Hall–Kier alpha value is -1.83. The molecule has 0 fully saturated rings. The average Bonchev–Trinajstić information content (AvgIpc) is 2.30. The molecule has 0 atom stereocenters. The first-order valence-corrected chi connectivity index (χ1v) is 5.53. The van der Waals surface area contributed by atoms with Crippen molar-refractivity contribution >= 4 is 5.70 Å². The molecule has 0 saturated heterocycles. The third-order valence-electron chi connectivity index (χ3n) is 2.22. The van der Waals surface area contributed by atoms with Crippen LogP contribution in [-0.4, -0.2) is 0 Å². The van der Waals surface area contributed by atoms with Crippen LogP contribution < -0.4 is 10.3 Å². The molecule has 0 aliphatic carbocycles. The van der Waals surface area contributed by atoms with Crippen LogP contribution in [0.5, 0.6) is 0 Å². The van der Waals surface area contributed by atoms with Gasteiger partial charge in [0.25, 0.3) is 0 Å². The molecule has 2 N–H and O–H groups in total. The molecule has 2 heteroatoms. The standard InChI is InChI=1S/C14H19N2/c1-3-5-6-9-13(15)14-10-7-8-12-16(14)11-4-2/h3,5-10,12H,1,4,11,15H2,2H3/q+1/b6-5-,13-9-. The first-order valence-electron chi connectivity index (χ1n) is 5.53. The van der Waals surface area contributed by atoms with Gasteiger partial charge in [-0.25, -0.2) is 0 Å². The lowest BCUT2D eigenvalue weighted by Crippen LogP contribution is -2.38. The number of hydrogen-bond acceptors (Lipinski definition) is 1. The predicted octanol–water partition coefficient (Wildman–Crippen LogP) is 2.43. The second kappa shape index (κ2) is 6.62. The van der Waals surface area contributed by atoms with Crippen LogP contribution in [0, 0.1) is 0 Å². The van der Waals surface area contributed by atoms with Gasteiger partial charge in [-0.3, -0.25) is 0 Å². The molecule has 0 aliphatic rings. The van der Waals surface area contributed by atoms with Crippen LogP contribution in [0.15, 0.2) is 55.3 Å². The van der Waals surface area contributed by atoms with E-state index in [4.69, 9.17) is 5.73 Å². The Balaban J connectivity index is 2.97. The van der Waals surface area contributed by atoms with Crippen molar-refractivity contribution in [3.63, 3.8) is 0 Å². The molecular formula is C14H19N2+. The van der Waals surface area contributed by atoms with Crippen LogP contribution in [0.25, 0.3) is 5.70 Å². The second-order valence-corrected chi connectivity index (χ2v) is 3.52. The summed E-state index contributed by atoms with van der Waals surface area (Å²) in [5, 5.41) is 0. The van der Waals surface area contributed by atoms with Crippen LogP contribution in [0.2, 0.25) is 0 Å². The average molecular weight is 215 g/mol. The van der Waals surface area contributed by atoms with Crippen LogP contribution in [-0.2, 0) is 6.54 Å². The molecule has 0 saturated carbocycles. The normalized spacial score (nSPS) is 11.9. The highest BCUT2D eigenvalue weighted by molar-refractivity contribution is 5.58. The molecule has 2 nitrogen and oxygen atoms in total. The van der Waals surface area contributed by atoms with Crippen molar-refractivity contribution in [1.29, 1.82) is 0 Å². The van der Waals surface area contributed by atoms with Crippen molar-refractivity contribution in [2.75, 3.05) is 0 Å². The Morgan fingerprint density at radius 2 is 2.25 bits per heavy atom. The number of aromatic nitrogens is 1. The predicted molar refractivity (Wildman–Crippen MR) is 68.4 cm³/mol. The van der Waals surface area contributed by atoms with Crippen LogP contribution in [0.4, 0.5) is 0 Å². The summed E-state index contributed by atoms with van der Waals surface area (Å²) in [4.78, 5) is 0. The number of rotatable bonds is 5. The van der Waals surface area contributed by atoms with Gasteiger partial charge in [-0.1, -0.05) is 31.7 Å². The first-order chi connectivity index (χ1) is 7.79. The van der Waals surface area contributed by atoms with Crippen molar-refractivity contribution in [3.8, 4) is 0 Å². The lowest BCUT2D eigenvalue weighted by atomic mass is 10.2. The zero-order valence-electron chi connectivity index (χ0n) is 9.76. The fourth-order valence-electron chi connectivity index (χ4n) is 1.50. The van der Waals surface area contributed by atoms with Gasteiger partial charge in [0.15, 0.2) is 6.20 Å². The minimum Gasteiger partial charge on any atom is -0.393 e. The van der Waals surface area contributed by atoms with Crippen molar-refractivity contribution in [2.24, 2.45) is 5.73 Å². The maximum absolute atomic E-state index is 6.02. The van der Waals surface area contributed by atoms with Crippen molar-refractivity contribution < 1.29 is 4.57 Å². The second-order valence-electron chi connectivity index (χ2n) is 3.52. The number of aryl methyl sites for hydroxylation is 1. The fourth-order valence-corrected chi connectivity index (χ4v) is 1.50. The third-order valence-corrected chi connectivity index (χ3v) is 2.22. The maximum atomic E-state index is 6.02. The Kier molecular flexibility index (Phi) is 5.06. The van der Waals surface area contributed by atoms with Gasteiger partial charge in [-0.2, -0.15) is 4.57 Å². The quantitative estimate of drug-likeness (QED) is 0.593. The van der Waals surface area contributed by atoms with E-state index in [0.717, 1.165) is 24.4 Å². The van der Waals surface area contributed by atoms with E-state index in [1.165, 1.54) is 0 Å². The molecule has 0 spiro atoms. The van der Waals surface area contributed by atoms with E-state index in [0.29, 0.717) is 0 Å². The minimum atomic E-state index is 0.771. The highest BCUT2D eigenvalue weighted by Crippen LogP contribution is 2.03. The molecule has 1 rings (SSSR count). The summed E-state index contributed by atoms with van der Waals surface area (Å²) in [6.45, 7) is 6.75. The highest BCUT2D eigenvalue weighted by Gasteiger charge is 2.09. The molecular weight excluding hydrogens is 196 g/mol. The van der Waals surface area contributed by atoms with E-state index < -0.39 is 0 Å². The van der Waals surface area contributed by atoms with Crippen molar-refractivity contribution in [2.45, 2.75) is 19.9 Å². The van der Waals surface area contributed by atoms with E-state index in [9.17, 15) is 0 Å². The number of pyridine rings is 1. The Bertz CT molecular complexity index is 403. The zero-order valence-corrected chi connectivity index (χ0v) is 9.76. The van der Waals surface area contributed by atoms with Gasteiger partial charge in [0.05, 0.1) is 0 Å². The molecule has 0 radical (unpaired) electrons. The number of hydrogen-bond donors (Lipinski definition) is 1. The molecule has 0 aromatic carbocycles. The summed E-state index contributed by atoms with van der Waals surface area (Å²) in [5.74, 6) is 0. The molecule has 1 heterocycles. The van der Waals surface area contributed by atoms with Gasteiger partial charge >= 0.3 is 0 Å². The third kappa shape index (κ3) is 3.39. The molecule has 1 aromatic rings. The van der Waals surface area contributed by atoms with Crippen molar-refractivity contribution in [1.82, 2.24) is 0 Å². The fraction of sp³-hybridized carbons (Fsp3) is 0.214. The van der Waals surface area contributed by atoms with E-state index in [1.807, 2.05) is 36.4 Å². The van der Waals surface area contributed by atoms with Gasteiger partial charge in [0.1, 0.15) is 12.2 Å². The molecule has 0 amide bonds. The Morgan fingerprint density at radius 3 is 2.94 bits per heavy atom. The maximum Gasteiger partial charge on any atom is 0.228 e. The number of nitrogens with zero attached hydrogens (tertiary/aromatic N) is 1. The number of nitrogens with two attached hydrogens (primary N) is 1. The lowest BCUT2D eigenvalue weighted by molar-refractivity contribution is -0.699. The molecule has 1 aromatic heterocycles. The van der Waals surface area contributed by atoms with Gasteiger partial charge < -0.3 is 5.73 Å². The SMILES string of the molecule is C=C/C=C\C=C(/N)c1cccc[n+]1CCC. The lowest BCUT2D eigenvalue weighted by Gasteiger charge is -2.01. The minimum absolute atomic E-state index is 0.771. The Labute approximate surface area is 97.4 Å². The van der Waals surface area contributed by atoms with Crippen molar-refractivity contribution in [3.05, 3.63) is 61.0 Å². The topological polar surface area (TPSA) is 29.9 Å². The summed E-state index contributed by atoms with van der Waals surface area (Å²) in [6, 6.07) is 6.05. The summed E-state index contributed by atoms with van der Waals surface area (Å²) in [5.41, 5.74) is 7.85. The van der Waals surface area contributed by atoms with E-state index in [1.54, 1.807) is 6.08 Å². The molecule has 16 heavy (non-hydrogen) atoms. The summed E-state index contributed by atoms with van der Waals surface area (Å²) >= 11 is 0. The van der Waals surface area contributed by atoms with Crippen LogP contribution in [0.1, 0.15) is 19.0 Å². The summed E-state index contributed by atoms with van der Waals surface area (Å²) in [6.07, 6.45) is 10.5. The zero-order chi connectivity index (χ0) is 11.8. The molecule has 0 unspecified atom stereocenters. The summed E-state index contributed by atoms with van der Waals surface area (Å²) < 4.78 is 2.16. The van der Waals surface area contributed by atoms with Gasteiger partial charge in [-0.05, 0) is 12.1 Å². The van der Waals surface area contributed by atoms with Crippen LogP contribution in [0.3, 0.4) is 0 Å².